The molecule has 2 aromatic heterocycles. The smallest absolute Gasteiger partial charge is 0.349 e. The van der Waals surface area contributed by atoms with Gasteiger partial charge in [0.15, 0.2) is 0 Å². The largest absolute Gasteiger partial charge is 0.497 e. The van der Waals surface area contributed by atoms with E-state index in [4.69, 9.17) is 9.47 Å². The van der Waals surface area contributed by atoms with E-state index in [2.05, 4.69) is 9.97 Å². The van der Waals surface area contributed by atoms with Gasteiger partial charge in [-0.05, 0) is 48.6 Å². The third-order valence-electron chi connectivity index (χ3n) is 4.73. The number of carbonyl (C=O) groups is 1. The average molecular weight is 407 g/mol. The Hall–Kier alpha value is -3.44. The summed E-state index contributed by atoms with van der Waals surface area (Å²) in [5.74, 6) is 0.158. The predicted molar refractivity (Wildman–Crippen MR) is 109 cm³/mol. The molecule has 4 rings (SSSR count). The number of rotatable bonds is 5. The number of methoxy groups -OCH3 is 1. The molecule has 0 amide bonds. The van der Waals surface area contributed by atoms with Crippen molar-refractivity contribution in [2.24, 2.45) is 0 Å². The number of esters is 1. The molecule has 146 valence electrons. The molecule has 0 aliphatic heterocycles. The van der Waals surface area contributed by atoms with Gasteiger partial charge in [0.05, 0.1) is 12.5 Å². The number of benzene rings is 1. The van der Waals surface area contributed by atoms with Crippen LogP contribution in [0.25, 0.3) is 16.3 Å². The van der Waals surface area contributed by atoms with Crippen LogP contribution >= 0.6 is 11.3 Å². The molecule has 8 heteroatoms. The van der Waals surface area contributed by atoms with Crippen molar-refractivity contribution in [2.45, 2.75) is 25.9 Å². The molecule has 0 fully saturated rings. The minimum absolute atomic E-state index is 0.145. The third kappa shape index (κ3) is 3.77. The van der Waals surface area contributed by atoms with E-state index >= 15 is 0 Å². The zero-order valence-electron chi connectivity index (χ0n) is 15.7. The van der Waals surface area contributed by atoms with Crippen LogP contribution in [-0.4, -0.2) is 23.0 Å². The van der Waals surface area contributed by atoms with Gasteiger partial charge in [0.2, 0.25) is 0 Å². The SMILES string of the molecule is COc1ccc(/C=C(\C#N)C(=O)OCc2nc3sc4c(c3c(=O)[nH]2)CCC4)cc1. The minimum Gasteiger partial charge on any atom is -0.497 e. The molecule has 29 heavy (non-hydrogen) atoms. The summed E-state index contributed by atoms with van der Waals surface area (Å²) >= 11 is 1.52. The Bertz CT molecular complexity index is 1220. The Balaban J connectivity index is 1.50. The summed E-state index contributed by atoms with van der Waals surface area (Å²) in [6, 6.07) is 8.77. The van der Waals surface area contributed by atoms with Crippen molar-refractivity contribution >= 4 is 33.6 Å². The van der Waals surface area contributed by atoms with Gasteiger partial charge in [0, 0.05) is 4.88 Å². The van der Waals surface area contributed by atoms with Gasteiger partial charge in [0.1, 0.15) is 34.7 Å². The molecule has 0 radical (unpaired) electrons. The number of aromatic nitrogens is 2. The summed E-state index contributed by atoms with van der Waals surface area (Å²) in [7, 11) is 1.56. The number of nitriles is 1. The normalized spacial score (nSPS) is 13.2. The van der Waals surface area contributed by atoms with Crippen LogP contribution in [0.15, 0.2) is 34.6 Å². The van der Waals surface area contributed by atoms with E-state index in [-0.39, 0.29) is 23.6 Å². The van der Waals surface area contributed by atoms with Crippen molar-refractivity contribution in [3.05, 3.63) is 62.0 Å². The standard InChI is InChI=1S/C21H17N3O4S/c1-27-14-7-5-12(6-8-14)9-13(10-22)21(26)28-11-17-23-19(25)18-15-3-2-4-16(15)29-20(18)24-17/h5-9H,2-4,11H2,1H3,(H,23,24,25)/b13-9+. The van der Waals surface area contributed by atoms with Gasteiger partial charge in [-0.3, -0.25) is 4.79 Å². The topological polar surface area (TPSA) is 105 Å². The Labute approximate surface area is 170 Å². The van der Waals surface area contributed by atoms with Gasteiger partial charge in [-0.2, -0.15) is 5.26 Å². The molecule has 2 heterocycles. The lowest BCUT2D eigenvalue weighted by molar-refractivity contribution is -0.139. The molecule has 1 N–H and O–H groups in total. The first kappa shape index (κ1) is 18.9. The fourth-order valence-electron chi connectivity index (χ4n) is 3.33. The summed E-state index contributed by atoms with van der Waals surface area (Å²) in [4.78, 5) is 33.7. The van der Waals surface area contributed by atoms with Gasteiger partial charge in [-0.25, -0.2) is 9.78 Å². The highest BCUT2D eigenvalue weighted by atomic mass is 32.1. The van der Waals surface area contributed by atoms with Crippen LogP contribution < -0.4 is 10.3 Å². The number of hydrogen-bond acceptors (Lipinski definition) is 7. The quantitative estimate of drug-likeness (QED) is 0.396. The van der Waals surface area contributed by atoms with E-state index < -0.39 is 5.97 Å². The lowest BCUT2D eigenvalue weighted by atomic mass is 10.1. The minimum atomic E-state index is -0.778. The van der Waals surface area contributed by atoms with Crippen LogP contribution in [0.5, 0.6) is 5.75 Å². The molecule has 1 aliphatic rings. The van der Waals surface area contributed by atoms with E-state index in [1.807, 2.05) is 6.07 Å². The summed E-state index contributed by atoms with van der Waals surface area (Å²) < 4.78 is 10.3. The van der Waals surface area contributed by atoms with E-state index in [9.17, 15) is 14.9 Å². The second-order valence-electron chi connectivity index (χ2n) is 6.57. The first-order chi connectivity index (χ1) is 14.1. The summed E-state index contributed by atoms with van der Waals surface area (Å²) in [5, 5.41) is 9.94. The first-order valence-electron chi connectivity index (χ1n) is 9.05. The average Bonchev–Trinajstić information content (AvgIpc) is 3.31. The van der Waals surface area contributed by atoms with E-state index in [1.165, 1.54) is 22.3 Å². The highest BCUT2D eigenvalue weighted by Gasteiger charge is 2.21. The molecule has 0 saturated carbocycles. The Morgan fingerprint density at radius 3 is 2.86 bits per heavy atom. The highest BCUT2D eigenvalue weighted by Crippen LogP contribution is 2.34. The van der Waals surface area contributed by atoms with Gasteiger partial charge in [0.25, 0.3) is 5.56 Å². The van der Waals surface area contributed by atoms with E-state index in [0.717, 1.165) is 24.8 Å². The molecule has 7 nitrogen and oxygen atoms in total. The van der Waals surface area contributed by atoms with Crippen LogP contribution in [0.2, 0.25) is 0 Å². The zero-order chi connectivity index (χ0) is 20.4. The number of carbonyl (C=O) groups excluding carboxylic acids is 1. The number of nitrogens with one attached hydrogen (secondary N) is 1. The lowest BCUT2D eigenvalue weighted by Crippen LogP contribution is -2.15. The number of H-pyrrole nitrogens is 1. The number of nitrogens with zero attached hydrogens (tertiary/aromatic N) is 2. The number of hydrogen-bond donors (Lipinski definition) is 1. The molecule has 1 aliphatic carbocycles. The fourth-order valence-corrected chi connectivity index (χ4v) is 4.61. The Morgan fingerprint density at radius 2 is 2.14 bits per heavy atom. The number of ether oxygens (including phenoxy) is 2. The molecule has 0 atom stereocenters. The molecule has 1 aromatic carbocycles. The van der Waals surface area contributed by atoms with Crippen molar-refractivity contribution in [3.63, 3.8) is 0 Å². The monoisotopic (exact) mass is 407 g/mol. The van der Waals surface area contributed by atoms with Crippen LogP contribution in [0.1, 0.15) is 28.2 Å². The van der Waals surface area contributed by atoms with Crippen molar-refractivity contribution < 1.29 is 14.3 Å². The maximum atomic E-state index is 12.4. The van der Waals surface area contributed by atoms with Gasteiger partial charge in [-0.1, -0.05) is 12.1 Å². The lowest BCUT2D eigenvalue weighted by Gasteiger charge is -2.04. The van der Waals surface area contributed by atoms with Crippen molar-refractivity contribution in [1.82, 2.24) is 9.97 Å². The Morgan fingerprint density at radius 1 is 1.34 bits per heavy atom. The third-order valence-corrected chi connectivity index (χ3v) is 5.92. The molecule has 0 unspecified atom stereocenters. The molecular weight excluding hydrogens is 390 g/mol. The van der Waals surface area contributed by atoms with Crippen LogP contribution in [0.3, 0.4) is 0 Å². The van der Waals surface area contributed by atoms with E-state index in [0.29, 0.717) is 21.5 Å². The highest BCUT2D eigenvalue weighted by molar-refractivity contribution is 7.18. The summed E-state index contributed by atoms with van der Waals surface area (Å²) in [6.07, 6.45) is 4.37. The number of aryl methyl sites for hydroxylation is 2. The van der Waals surface area contributed by atoms with Gasteiger partial charge >= 0.3 is 5.97 Å². The van der Waals surface area contributed by atoms with Crippen molar-refractivity contribution in [1.29, 1.82) is 5.26 Å². The molecule has 0 bridgehead atoms. The fraction of sp³-hybridized carbons (Fsp3) is 0.238. The molecular formula is C21H17N3O4S. The zero-order valence-corrected chi connectivity index (χ0v) is 16.5. The Kier molecular flexibility index (Phi) is 5.14. The van der Waals surface area contributed by atoms with Crippen LogP contribution in [0, 0.1) is 11.3 Å². The maximum Gasteiger partial charge on any atom is 0.349 e. The van der Waals surface area contributed by atoms with Gasteiger partial charge in [-0.15, -0.1) is 11.3 Å². The second kappa shape index (κ2) is 7.89. The van der Waals surface area contributed by atoms with E-state index in [1.54, 1.807) is 31.4 Å². The number of fused-ring (bicyclic) bond motifs is 3. The van der Waals surface area contributed by atoms with Gasteiger partial charge < -0.3 is 14.5 Å². The predicted octanol–water partition coefficient (Wildman–Crippen LogP) is 3.13. The van der Waals surface area contributed by atoms with Crippen LogP contribution in [-0.2, 0) is 29.0 Å². The second-order valence-corrected chi connectivity index (χ2v) is 7.65. The van der Waals surface area contributed by atoms with Crippen molar-refractivity contribution in [3.8, 4) is 11.8 Å². The summed E-state index contributed by atoms with van der Waals surface area (Å²) in [6.45, 7) is -0.214. The van der Waals surface area contributed by atoms with Crippen LogP contribution in [0.4, 0.5) is 0 Å². The number of aromatic amines is 1. The first-order valence-corrected chi connectivity index (χ1v) is 9.87. The maximum absolute atomic E-state index is 12.4. The summed E-state index contributed by atoms with van der Waals surface area (Å²) in [5.41, 5.74) is 1.40. The molecule has 3 aromatic rings. The number of thiophene rings is 1. The molecule has 0 saturated heterocycles. The van der Waals surface area contributed by atoms with Crippen molar-refractivity contribution in [2.75, 3.05) is 7.11 Å². The molecule has 0 spiro atoms.